The number of methoxy groups -OCH3 is 3. The van der Waals surface area contributed by atoms with Crippen LogP contribution in [-0.2, 0) is 0 Å². The molecule has 1 aromatic heterocycles. The summed E-state index contributed by atoms with van der Waals surface area (Å²) in [6.07, 6.45) is 0. The van der Waals surface area contributed by atoms with Gasteiger partial charge >= 0.3 is 0 Å². The van der Waals surface area contributed by atoms with Gasteiger partial charge in [-0.15, -0.1) is 0 Å². The Balaban J connectivity index is 2.62. The third-order valence-electron chi connectivity index (χ3n) is 2.86. The average Bonchev–Trinajstić information content (AvgIpc) is 2.96. The van der Waals surface area contributed by atoms with Gasteiger partial charge in [-0.25, -0.2) is 4.98 Å². The van der Waals surface area contributed by atoms with Crippen LogP contribution in [0.2, 0.25) is 0 Å². The third kappa shape index (κ3) is 2.45. The molecule has 2 aromatic rings. The topological polar surface area (TPSA) is 104 Å². The molecule has 1 aromatic carbocycles. The van der Waals surface area contributed by atoms with Crippen molar-refractivity contribution in [3.8, 4) is 40.8 Å². The minimum atomic E-state index is 0.0428. The molecular weight excluding hydrogens is 272 g/mol. The molecule has 0 saturated carbocycles. The van der Waals surface area contributed by atoms with Crippen molar-refractivity contribution in [2.24, 2.45) is 0 Å². The summed E-state index contributed by atoms with van der Waals surface area (Å²) in [5.74, 6) is 1.75. The zero-order chi connectivity index (χ0) is 15.4. The van der Waals surface area contributed by atoms with Gasteiger partial charge in [-0.2, -0.15) is 10.5 Å². The van der Waals surface area contributed by atoms with Crippen molar-refractivity contribution >= 4 is 0 Å². The molecule has 21 heavy (non-hydrogen) atoms. The number of H-pyrrole nitrogens is 1. The molecule has 0 atom stereocenters. The quantitative estimate of drug-likeness (QED) is 0.918. The number of aromatic amines is 1. The van der Waals surface area contributed by atoms with Crippen LogP contribution in [0.3, 0.4) is 0 Å². The number of aromatic nitrogens is 2. The van der Waals surface area contributed by atoms with Gasteiger partial charge in [-0.05, 0) is 12.1 Å². The molecule has 106 valence electrons. The van der Waals surface area contributed by atoms with Crippen LogP contribution in [0, 0.1) is 22.7 Å². The highest BCUT2D eigenvalue weighted by molar-refractivity contribution is 5.67. The van der Waals surface area contributed by atoms with Gasteiger partial charge in [-0.3, -0.25) is 0 Å². The Morgan fingerprint density at radius 1 is 1.00 bits per heavy atom. The second kappa shape index (κ2) is 5.85. The lowest BCUT2D eigenvalue weighted by molar-refractivity contribution is 0.324. The maximum Gasteiger partial charge on any atom is 0.203 e. The predicted molar refractivity (Wildman–Crippen MR) is 73.1 cm³/mol. The number of nitriles is 2. The Kier molecular flexibility index (Phi) is 3.96. The van der Waals surface area contributed by atoms with Gasteiger partial charge in [0, 0.05) is 5.56 Å². The van der Waals surface area contributed by atoms with Crippen LogP contribution in [0.5, 0.6) is 17.2 Å². The van der Waals surface area contributed by atoms with E-state index in [1.807, 2.05) is 12.1 Å². The molecule has 0 aliphatic carbocycles. The van der Waals surface area contributed by atoms with Crippen LogP contribution in [-0.4, -0.2) is 31.3 Å². The average molecular weight is 284 g/mol. The van der Waals surface area contributed by atoms with E-state index in [0.29, 0.717) is 28.6 Å². The Labute approximate surface area is 121 Å². The largest absolute Gasteiger partial charge is 0.493 e. The summed E-state index contributed by atoms with van der Waals surface area (Å²) in [5.41, 5.74) is 0.769. The minimum absolute atomic E-state index is 0.0428. The van der Waals surface area contributed by atoms with Gasteiger partial charge in [0.2, 0.25) is 5.75 Å². The third-order valence-corrected chi connectivity index (χ3v) is 2.86. The number of rotatable bonds is 4. The summed E-state index contributed by atoms with van der Waals surface area (Å²) >= 11 is 0. The van der Waals surface area contributed by atoms with Crippen molar-refractivity contribution in [2.45, 2.75) is 0 Å². The van der Waals surface area contributed by atoms with Gasteiger partial charge < -0.3 is 19.2 Å². The Morgan fingerprint density at radius 2 is 1.62 bits per heavy atom. The number of hydrogen-bond donors (Lipinski definition) is 1. The fourth-order valence-corrected chi connectivity index (χ4v) is 1.89. The molecular formula is C14H12N4O3. The molecule has 0 spiro atoms. The Bertz CT molecular complexity index is 696. The van der Waals surface area contributed by atoms with Crippen LogP contribution < -0.4 is 14.2 Å². The van der Waals surface area contributed by atoms with E-state index in [4.69, 9.17) is 24.7 Å². The molecule has 0 aliphatic rings. The maximum atomic E-state index is 8.95. The first-order valence-corrected chi connectivity index (χ1v) is 5.89. The fourth-order valence-electron chi connectivity index (χ4n) is 1.89. The van der Waals surface area contributed by atoms with E-state index < -0.39 is 0 Å². The van der Waals surface area contributed by atoms with E-state index in [0.717, 1.165) is 0 Å². The zero-order valence-corrected chi connectivity index (χ0v) is 11.7. The highest BCUT2D eigenvalue weighted by Gasteiger charge is 2.17. The van der Waals surface area contributed by atoms with Gasteiger partial charge in [0.05, 0.1) is 21.3 Å². The van der Waals surface area contributed by atoms with Crippen LogP contribution in [0.15, 0.2) is 12.1 Å². The predicted octanol–water partition coefficient (Wildman–Crippen LogP) is 1.85. The SMILES string of the molecule is COc1cc(-c2nc(C#N)c(C#N)[nH]2)cc(OC)c1OC. The van der Waals surface area contributed by atoms with E-state index in [1.54, 1.807) is 12.1 Å². The molecule has 0 bridgehead atoms. The van der Waals surface area contributed by atoms with E-state index in [2.05, 4.69) is 9.97 Å². The molecule has 0 radical (unpaired) electrons. The number of nitrogens with one attached hydrogen (secondary N) is 1. The van der Waals surface area contributed by atoms with Crippen LogP contribution in [0.25, 0.3) is 11.4 Å². The number of benzene rings is 1. The van der Waals surface area contributed by atoms with Crippen molar-refractivity contribution in [1.82, 2.24) is 9.97 Å². The number of ether oxygens (including phenoxy) is 3. The number of hydrogen-bond acceptors (Lipinski definition) is 6. The van der Waals surface area contributed by atoms with E-state index >= 15 is 0 Å². The smallest absolute Gasteiger partial charge is 0.203 e. The normalized spacial score (nSPS) is 9.57. The van der Waals surface area contributed by atoms with E-state index in [-0.39, 0.29) is 11.4 Å². The van der Waals surface area contributed by atoms with E-state index in [9.17, 15) is 0 Å². The lowest BCUT2D eigenvalue weighted by Gasteiger charge is -2.13. The first-order valence-electron chi connectivity index (χ1n) is 5.89. The summed E-state index contributed by atoms with van der Waals surface area (Å²) in [5, 5.41) is 17.9. The van der Waals surface area contributed by atoms with Gasteiger partial charge in [-0.1, -0.05) is 0 Å². The van der Waals surface area contributed by atoms with Crippen LogP contribution in [0.4, 0.5) is 0 Å². The lowest BCUT2D eigenvalue weighted by atomic mass is 10.1. The fraction of sp³-hybridized carbons (Fsp3) is 0.214. The van der Waals surface area contributed by atoms with Crippen molar-refractivity contribution in [2.75, 3.05) is 21.3 Å². The van der Waals surface area contributed by atoms with Crippen molar-refractivity contribution < 1.29 is 14.2 Å². The van der Waals surface area contributed by atoms with Crippen molar-refractivity contribution in [1.29, 1.82) is 10.5 Å². The molecule has 0 unspecified atom stereocenters. The summed E-state index contributed by atoms with van der Waals surface area (Å²) in [7, 11) is 4.52. The molecule has 7 heteroatoms. The van der Waals surface area contributed by atoms with Crippen LogP contribution in [0.1, 0.15) is 11.4 Å². The molecule has 0 aliphatic heterocycles. The monoisotopic (exact) mass is 284 g/mol. The number of imidazole rings is 1. The molecule has 0 fully saturated rings. The zero-order valence-electron chi connectivity index (χ0n) is 11.7. The second-order valence-electron chi connectivity index (χ2n) is 3.95. The lowest BCUT2D eigenvalue weighted by Crippen LogP contribution is -1.96. The molecule has 7 nitrogen and oxygen atoms in total. The highest BCUT2D eigenvalue weighted by Crippen LogP contribution is 2.40. The van der Waals surface area contributed by atoms with Crippen molar-refractivity contribution in [3.63, 3.8) is 0 Å². The molecule has 0 saturated heterocycles. The Morgan fingerprint density at radius 3 is 2.00 bits per heavy atom. The molecule has 1 heterocycles. The summed E-state index contributed by atoms with van der Waals surface area (Å²) < 4.78 is 15.7. The van der Waals surface area contributed by atoms with Crippen molar-refractivity contribution in [3.05, 3.63) is 23.5 Å². The van der Waals surface area contributed by atoms with E-state index in [1.165, 1.54) is 21.3 Å². The van der Waals surface area contributed by atoms with Gasteiger partial charge in [0.15, 0.2) is 22.9 Å². The highest BCUT2D eigenvalue weighted by atomic mass is 16.5. The van der Waals surface area contributed by atoms with Gasteiger partial charge in [0.1, 0.15) is 18.0 Å². The first kappa shape index (κ1) is 14.2. The first-order chi connectivity index (χ1) is 10.2. The second-order valence-corrected chi connectivity index (χ2v) is 3.95. The molecule has 0 amide bonds. The van der Waals surface area contributed by atoms with Gasteiger partial charge in [0.25, 0.3) is 0 Å². The maximum absolute atomic E-state index is 8.95. The molecule has 2 rings (SSSR count). The minimum Gasteiger partial charge on any atom is -0.493 e. The summed E-state index contributed by atoms with van der Waals surface area (Å²) in [6.45, 7) is 0. The summed E-state index contributed by atoms with van der Waals surface area (Å²) in [4.78, 5) is 6.88. The summed E-state index contributed by atoms with van der Waals surface area (Å²) in [6, 6.07) is 7.12. The molecule has 1 N–H and O–H groups in total. The van der Waals surface area contributed by atoms with Crippen LogP contribution >= 0.6 is 0 Å². The Hall–Kier alpha value is -3.19. The number of nitrogens with zero attached hydrogens (tertiary/aromatic N) is 3. The standard InChI is InChI=1S/C14H12N4O3/c1-19-11-4-8(5-12(20-2)13(11)21-3)14-17-9(6-15)10(7-16)18-14/h4-5H,1-3H3,(H,17,18).